The predicted octanol–water partition coefficient (Wildman–Crippen LogP) is 0.858. The van der Waals surface area contributed by atoms with Gasteiger partial charge in [0.25, 0.3) is 0 Å². The number of aryl methyl sites for hydroxylation is 2. The van der Waals surface area contributed by atoms with E-state index in [1.165, 1.54) is 4.68 Å². The van der Waals surface area contributed by atoms with E-state index in [0.29, 0.717) is 17.3 Å². The summed E-state index contributed by atoms with van der Waals surface area (Å²) in [4.78, 5) is 8.37. The summed E-state index contributed by atoms with van der Waals surface area (Å²) in [6, 6.07) is 1.92. The molecule has 0 saturated heterocycles. The molecule has 4 N–H and O–H groups in total. The monoisotopic (exact) mass is 203 g/mol. The zero-order valence-corrected chi connectivity index (χ0v) is 8.73. The van der Waals surface area contributed by atoms with Crippen LogP contribution >= 0.6 is 0 Å². The fraction of sp³-hybridized carbons (Fsp3) is 0.200. The average Bonchev–Trinajstić information content (AvgIpc) is 2.47. The first-order valence-electron chi connectivity index (χ1n) is 4.62. The van der Waals surface area contributed by atoms with Gasteiger partial charge < -0.3 is 11.6 Å². The normalized spacial score (nSPS) is 10.5. The van der Waals surface area contributed by atoms with Gasteiger partial charge in [-0.3, -0.25) is 4.98 Å². The lowest BCUT2D eigenvalue weighted by atomic mass is 10.1. The summed E-state index contributed by atoms with van der Waals surface area (Å²) >= 11 is 0. The van der Waals surface area contributed by atoms with Gasteiger partial charge in [-0.25, -0.2) is 9.66 Å². The standard InChI is InChI=1S/C10H13N5/c1-6-3-4-13-5-8(6)9-10(11)15(12)7(2)14-9/h3-5H,11-12H2,1-2H3. The summed E-state index contributed by atoms with van der Waals surface area (Å²) in [7, 11) is 0. The molecule has 0 unspecified atom stereocenters. The van der Waals surface area contributed by atoms with Crippen molar-refractivity contribution in [1.29, 1.82) is 0 Å². The van der Waals surface area contributed by atoms with Crippen LogP contribution in [0.5, 0.6) is 0 Å². The highest BCUT2D eigenvalue weighted by atomic mass is 15.4. The van der Waals surface area contributed by atoms with Crippen molar-refractivity contribution in [2.24, 2.45) is 0 Å². The van der Waals surface area contributed by atoms with Crippen LogP contribution in [0.2, 0.25) is 0 Å². The predicted molar refractivity (Wildman–Crippen MR) is 59.5 cm³/mol. The lowest BCUT2D eigenvalue weighted by Crippen LogP contribution is -2.13. The Bertz CT molecular complexity index is 501. The second-order valence-corrected chi connectivity index (χ2v) is 3.45. The third-order valence-corrected chi connectivity index (χ3v) is 2.42. The van der Waals surface area contributed by atoms with Gasteiger partial charge in [0.1, 0.15) is 11.5 Å². The first kappa shape index (κ1) is 9.51. The van der Waals surface area contributed by atoms with Crippen LogP contribution in [-0.2, 0) is 0 Å². The molecule has 15 heavy (non-hydrogen) atoms. The molecular formula is C10H13N5. The number of nitrogen functional groups attached to an aromatic ring is 2. The van der Waals surface area contributed by atoms with E-state index >= 15 is 0 Å². The van der Waals surface area contributed by atoms with Crippen LogP contribution in [0, 0.1) is 13.8 Å². The van der Waals surface area contributed by atoms with Gasteiger partial charge in [-0.15, -0.1) is 0 Å². The first-order chi connectivity index (χ1) is 7.11. The molecule has 2 aromatic heterocycles. The Morgan fingerprint density at radius 3 is 2.60 bits per heavy atom. The second kappa shape index (κ2) is 3.27. The Balaban J connectivity index is 2.65. The molecule has 2 aromatic rings. The van der Waals surface area contributed by atoms with Crippen LogP contribution < -0.4 is 11.6 Å². The molecule has 0 spiro atoms. The molecule has 2 rings (SSSR count). The van der Waals surface area contributed by atoms with E-state index in [-0.39, 0.29) is 0 Å². The molecule has 0 aliphatic carbocycles. The van der Waals surface area contributed by atoms with Crippen molar-refractivity contribution in [3.05, 3.63) is 29.8 Å². The number of nitrogens with two attached hydrogens (primary N) is 2. The highest BCUT2D eigenvalue weighted by molar-refractivity contribution is 5.72. The van der Waals surface area contributed by atoms with Crippen LogP contribution in [-0.4, -0.2) is 14.6 Å². The molecule has 0 amide bonds. The quantitative estimate of drug-likeness (QED) is 0.673. The third-order valence-electron chi connectivity index (χ3n) is 2.42. The van der Waals surface area contributed by atoms with E-state index in [9.17, 15) is 0 Å². The van der Waals surface area contributed by atoms with E-state index in [1.54, 1.807) is 12.4 Å². The average molecular weight is 203 g/mol. The number of imidazole rings is 1. The number of hydrogen-bond acceptors (Lipinski definition) is 4. The van der Waals surface area contributed by atoms with Gasteiger partial charge in [-0.05, 0) is 25.5 Å². The summed E-state index contributed by atoms with van der Waals surface area (Å²) in [6.07, 6.45) is 3.48. The number of anilines is 1. The minimum absolute atomic E-state index is 0.462. The van der Waals surface area contributed by atoms with Gasteiger partial charge >= 0.3 is 0 Å². The zero-order valence-electron chi connectivity index (χ0n) is 8.73. The van der Waals surface area contributed by atoms with Crippen molar-refractivity contribution in [3.63, 3.8) is 0 Å². The molecule has 0 radical (unpaired) electrons. The minimum atomic E-state index is 0.462. The van der Waals surface area contributed by atoms with Gasteiger partial charge in [0.15, 0.2) is 5.82 Å². The highest BCUT2D eigenvalue weighted by Gasteiger charge is 2.13. The van der Waals surface area contributed by atoms with Gasteiger partial charge in [0, 0.05) is 18.0 Å². The molecule has 0 aliphatic heterocycles. The van der Waals surface area contributed by atoms with E-state index in [4.69, 9.17) is 11.6 Å². The van der Waals surface area contributed by atoms with Gasteiger partial charge in [0.2, 0.25) is 0 Å². The summed E-state index contributed by atoms with van der Waals surface area (Å²) in [5.74, 6) is 6.85. The smallest absolute Gasteiger partial charge is 0.150 e. The fourth-order valence-electron chi connectivity index (χ4n) is 1.47. The minimum Gasteiger partial charge on any atom is -0.382 e. The van der Waals surface area contributed by atoms with Gasteiger partial charge in [-0.1, -0.05) is 0 Å². The second-order valence-electron chi connectivity index (χ2n) is 3.45. The maximum absolute atomic E-state index is 5.85. The summed E-state index contributed by atoms with van der Waals surface area (Å²) in [5.41, 5.74) is 8.54. The Hall–Kier alpha value is -2.04. The number of rotatable bonds is 1. The molecular weight excluding hydrogens is 190 g/mol. The van der Waals surface area contributed by atoms with Crippen molar-refractivity contribution in [1.82, 2.24) is 14.6 Å². The number of aromatic nitrogens is 3. The van der Waals surface area contributed by atoms with Crippen molar-refractivity contribution in [3.8, 4) is 11.3 Å². The largest absolute Gasteiger partial charge is 0.382 e. The SMILES string of the molecule is Cc1ccncc1-c1nc(C)n(N)c1N. The molecule has 5 nitrogen and oxygen atoms in total. The van der Waals surface area contributed by atoms with Crippen LogP contribution in [0.3, 0.4) is 0 Å². The lowest BCUT2D eigenvalue weighted by Gasteiger charge is -2.02. The Morgan fingerprint density at radius 2 is 2.07 bits per heavy atom. The Morgan fingerprint density at radius 1 is 1.33 bits per heavy atom. The Kier molecular flexibility index (Phi) is 2.07. The van der Waals surface area contributed by atoms with Crippen molar-refractivity contribution in [2.45, 2.75) is 13.8 Å². The molecule has 0 fully saturated rings. The molecule has 0 bridgehead atoms. The zero-order chi connectivity index (χ0) is 11.0. The number of pyridine rings is 1. The first-order valence-corrected chi connectivity index (χ1v) is 4.62. The van der Waals surface area contributed by atoms with Gasteiger partial charge in [0.05, 0.1) is 0 Å². The molecule has 78 valence electrons. The molecule has 2 heterocycles. The van der Waals surface area contributed by atoms with Crippen molar-refractivity contribution < 1.29 is 0 Å². The molecule has 5 heteroatoms. The summed E-state index contributed by atoms with van der Waals surface area (Å²) in [6.45, 7) is 3.80. The van der Waals surface area contributed by atoms with Crippen molar-refractivity contribution in [2.75, 3.05) is 11.6 Å². The van der Waals surface area contributed by atoms with E-state index in [1.807, 2.05) is 19.9 Å². The maximum atomic E-state index is 5.85. The topological polar surface area (TPSA) is 82.8 Å². The van der Waals surface area contributed by atoms with Crippen LogP contribution in [0.15, 0.2) is 18.5 Å². The van der Waals surface area contributed by atoms with Crippen LogP contribution in [0.4, 0.5) is 5.82 Å². The summed E-state index contributed by atoms with van der Waals surface area (Å²) < 4.78 is 1.38. The summed E-state index contributed by atoms with van der Waals surface area (Å²) in [5, 5.41) is 0. The Labute approximate surface area is 87.7 Å². The number of nitrogens with zero attached hydrogens (tertiary/aromatic N) is 3. The fourth-order valence-corrected chi connectivity index (χ4v) is 1.47. The lowest BCUT2D eigenvalue weighted by molar-refractivity contribution is 0.937. The maximum Gasteiger partial charge on any atom is 0.150 e. The van der Waals surface area contributed by atoms with Crippen molar-refractivity contribution >= 4 is 5.82 Å². The third kappa shape index (κ3) is 1.41. The molecule has 0 atom stereocenters. The van der Waals surface area contributed by atoms with Gasteiger partial charge in [-0.2, -0.15) is 0 Å². The van der Waals surface area contributed by atoms with E-state index in [0.717, 1.165) is 11.1 Å². The van der Waals surface area contributed by atoms with Crippen LogP contribution in [0.1, 0.15) is 11.4 Å². The van der Waals surface area contributed by atoms with E-state index < -0.39 is 0 Å². The number of hydrogen-bond donors (Lipinski definition) is 2. The molecule has 0 saturated carbocycles. The van der Waals surface area contributed by atoms with E-state index in [2.05, 4.69) is 9.97 Å². The molecule has 0 aromatic carbocycles. The highest BCUT2D eigenvalue weighted by Crippen LogP contribution is 2.26. The molecule has 0 aliphatic rings. The van der Waals surface area contributed by atoms with Crippen LogP contribution in [0.25, 0.3) is 11.3 Å².